The Morgan fingerprint density at radius 2 is 1.68 bits per heavy atom. The molecule has 1 aliphatic heterocycles. The number of carbonyl (C=O) groups is 3. The zero-order chi connectivity index (χ0) is 14.3. The van der Waals surface area contributed by atoms with Crippen molar-refractivity contribution in [1.29, 1.82) is 0 Å². The van der Waals surface area contributed by atoms with Gasteiger partial charge in [0.05, 0.1) is 5.92 Å². The summed E-state index contributed by atoms with van der Waals surface area (Å²) in [6.45, 7) is 1.88. The molecule has 1 aliphatic rings. The van der Waals surface area contributed by atoms with Crippen molar-refractivity contribution in [2.24, 2.45) is 0 Å². The van der Waals surface area contributed by atoms with Gasteiger partial charge in [-0.2, -0.15) is 0 Å². The summed E-state index contributed by atoms with van der Waals surface area (Å²) in [4.78, 5) is 30.8. The number of imide groups is 1. The average molecular weight is 261 g/mol. The molecular formula is C14H15NO4. The van der Waals surface area contributed by atoms with E-state index in [0.29, 0.717) is 6.42 Å². The lowest BCUT2D eigenvalue weighted by Gasteiger charge is -2.08. The Bertz CT molecular complexity index is 477. The molecule has 1 aromatic carbocycles. The number of aliphatic carboxylic acids is 1. The molecule has 0 saturated heterocycles. The van der Waals surface area contributed by atoms with Gasteiger partial charge in [-0.3, -0.25) is 19.7 Å². The van der Waals surface area contributed by atoms with Crippen LogP contribution in [-0.2, 0) is 14.4 Å². The number of hydrogen-bond donors (Lipinski definition) is 2. The predicted octanol–water partition coefficient (Wildman–Crippen LogP) is 1.46. The van der Waals surface area contributed by atoms with E-state index < -0.39 is 5.97 Å². The third kappa shape index (κ3) is 4.75. The van der Waals surface area contributed by atoms with E-state index in [2.05, 4.69) is 0 Å². The zero-order valence-corrected chi connectivity index (χ0v) is 10.5. The van der Waals surface area contributed by atoms with E-state index in [1.165, 1.54) is 12.2 Å². The van der Waals surface area contributed by atoms with Gasteiger partial charge in [0.25, 0.3) is 11.8 Å². The highest BCUT2D eigenvalue weighted by Gasteiger charge is 2.16. The van der Waals surface area contributed by atoms with Gasteiger partial charge in [-0.25, -0.2) is 0 Å². The van der Waals surface area contributed by atoms with Crippen molar-refractivity contribution in [3.8, 4) is 0 Å². The fraction of sp³-hybridized carbons (Fsp3) is 0.214. The van der Waals surface area contributed by atoms with Crippen molar-refractivity contribution >= 4 is 17.8 Å². The maximum absolute atomic E-state index is 10.7. The lowest BCUT2D eigenvalue weighted by Crippen LogP contribution is -2.19. The highest BCUT2D eigenvalue weighted by molar-refractivity contribution is 6.12. The van der Waals surface area contributed by atoms with Crippen LogP contribution in [0.15, 0.2) is 42.5 Å². The maximum atomic E-state index is 10.7. The molecule has 0 spiro atoms. The van der Waals surface area contributed by atoms with Crippen molar-refractivity contribution < 1.29 is 19.5 Å². The van der Waals surface area contributed by atoms with E-state index in [1.54, 1.807) is 0 Å². The van der Waals surface area contributed by atoms with Gasteiger partial charge in [0, 0.05) is 12.2 Å². The lowest BCUT2D eigenvalue weighted by molar-refractivity contribution is -0.139. The van der Waals surface area contributed by atoms with Gasteiger partial charge in [0.1, 0.15) is 0 Å². The summed E-state index contributed by atoms with van der Waals surface area (Å²) in [7, 11) is 0. The summed E-state index contributed by atoms with van der Waals surface area (Å²) in [6.07, 6.45) is 3.03. The molecule has 5 heteroatoms. The minimum Gasteiger partial charge on any atom is -0.481 e. The Kier molecular flexibility index (Phi) is 5.47. The number of nitrogens with one attached hydrogen (secondary N) is 1. The highest BCUT2D eigenvalue weighted by atomic mass is 16.4. The molecule has 2 amide bonds. The summed E-state index contributed by atoms with van der Waals surface area (Å²) in [5.41, 5.74) is 0.882. The molecule has 1 unspecified atom stereocenters. The summed E-state index contributed by atoms with van der Waals surface area (Å²) in [5, 5.41) is 10.9. The van der Waals surface area contributed by atoms with Crippen molar-refractivity contribution in [3.63, 3.8) is 0 Å². The SMILES string of the molecule is CCC(C(=O)O)c1ccccc1.O=C1C=CC(=O)N1. The highest BCUT2D eigenvalue weighted by Crippen LogP contribution is 2.18. The van der Waals surface area contributed by atoms with Crippen LogP contribution in [-0.4, -0.2) is 22.9 Å². The molecule has 1 atom stereocenters. The van der Waals surface area contributed by atoms with Gasteiger partial charge in [0.2, 0.25) is 0 Å². The van der Waals surface area contributed by atoms with E-state index in [9.17, 15) is 14.4 Å². The largest absolute Gasteiger partial charge is 0.481 e. The molecule has 2 rings (SSSR count). The van der Waals surface area contributed by atoms with Crippen molar-refractivity contribution in [3.05, 3.63) is 48.0 Å². The summed E-state index contributed by atoms with van der Waals surface area (Å²) >= 11 is 0. The Hall–Kier alpha value is -2.43. The van der Waals surface area contributed by atoms with Gasteiger partial charge >= 0.3 is 5.97 Å². The number of rotatable bonds is 3. The van der Waals surface area contributed by atoms with Gasteiger partial charge in [-0.05, 0) is 12.0 Å². The van der Waals surface area contributed by atoms with Crippen LogP contribution in [0.1, 0.15) is 24.8 Å². The van der Waals surface area contributed by atoms with Crippen molar-refractivity contribution in [2.75, 3.05) is 0 Å². The summed E-state index contributed by atoms with van der Waals surface area (Å²) in [5.74, 6) is -1.76. The first-order valence-corrected chi connectivity index (χ1v) is 5.85. The predicted molar refractivity (Wildman–Crippen MR) is 69.4 cm³/mol. The van der Waals surface area contributed by atoms with Gasteiger partial charge in [0.15, 0.2) is 0 Å². The number of carbonyl (C=O) groups excluding carboxylic acids is 2. The van der Waals surface area contributed by atoms with Crippen LogP contribution in [0, 0.1) is 0 Å². The lowest BCUT2D eigenvalue weighted by atomic mass is 9.97. The second-order valence-electron chi connectivity index (χ2n) is 3.90. The molecule has 0 aliphatic carbocycles. The molecule has 0 aromatic heterocycles. The second-order valence-corrected chi connectivity index (χ2v) is 3.90. The molecule has 1 aromatic rings. The van der Waals surface area contributed by atoms with Crippen LogP contribution in [0.3, 0.4) is 0 Å². The van der Waals surface area contributed by atoms with E-state index >= 15 is 0 Å². The van der Waals surface area contributed by atoms with Crippen LogP contribution >= 0.6 is 0 Å². The first kappa shape index (κ1) is 14.6. The third-order valence-electron chi connectivity index (χ3n) is 2.54. The van der Waals surface area contributed by atoms with Gasteiger partial charge in [-0.15, -0.1) is 0 Å². The second kappa shape index (κ2) is 7.10. The minimum atomic E-state index is -0.747. The third-order valence-corrected chi connectivity index (χ3v) is 2.54. The van der Waals surface area contributed by atoms with Crippen LogP contribution in [0.5, 0.6) is 0 Å². The molecular weight excluding hydrogens is 246 g/mol. The van der Waals surface area contributed by atoms with Gasteiger partial charge < -0.3 is 5.11 Å². The Morgan fingerprint density at radius 3 is 2.00 bits per heavy atom. The molecule has 0 radical (unpaired) electrons. The number of carboxylic acids is 1. The number of hydrogen-bond acceptors (Lipinski definition) is 3. The maximum Gasteiger partial charge on any atom is 0.310 e. The van der Waals surface area contributed by atoms with Crippen molar-refractivity contribution in [1.82, 2.24) is 5.32 Å². The molecule has 0 fully saturated rings. The summed E-state index contributed by atoms with van der Waals surface area (Å²) < 4.78 is 0. The average Bonchev–Trinajstić information content (AvgIpc) is 2.76. The number of amides is 2. The van der Waals surface area contributed by atoms with Crippen LogP contribution < -0.4 is 5.32 Å². The quantitative estimate of drug-likeness (QED) is 0.807. The molecule has 2 N–H and O–H groups in total. The molecule has 100 valence electrons. The fourth-order valence-corrected chi connectivity index (χ4v) is 1.59. The summed E-state index contributed by atoms with van der Waals surface area (Å²) in [6, 6.07) is 9.31. The first-order chi connectivity index (χ1) is 9.04. The topological polar surface area (TPSA) is 83.5 Å². The van der Waals surface area contributed by atoms with E-state index in [4.69, 9.17) is 5.11 Å². The van der Waals surface area contributed by atoms with E-state index in [0.717, 1.165) is 5.56 Å². The van der Waals surface area contributed by atoms with Crippen LogP contribution in [0.2, 0.25) is 0 Å². The molecule has 0 saturated carbocycles. The molecule has 5 nitrogen and oxygen atoms in total. The van der Waals surface area contributed by atoms with E-state index in [1.807, 2.05) is 42.6 Å². The van der Waals surface area contributed by atoms with Crippen LogP contribution in [0.4, 0.5) is 0 Å². The minimum absolute atomic E-state index is 0.329. The normalized spacial score (nSPS) is 14.4. The number of carboxylic acid groups (broad SMARTS) is 1. The fourth-order valence-electron chi connectivity index (χ4n) is 1.59. The Labute approximate surface area is 110 Å². The number of benzene rings is 1. The van der Waals surface area contributed by atoms with Gasteiger partial charge in [-0.1, -0.05) is 37.3 Å². The smallest absolute Gasteiger partial charge is 0.310 e. The van der Waals surface area contributed by atoms with Crippen molar-refractivity contribution in [2.45, 2.75) is 19.3 Å². The Balaban J connectivity index is 0.000000218. The first-order valence-electron chi connectivity index (χ1n) is 5.85. The standard InChI is InChI=1S/C10H12O2.C4H3NO2/c1-2-9(10(11)12)8-6-4-3-5-7-8;6-3-1-2-4(7)5-3/h3-7,9H,2H2,1H3,(H,11,12);1-2H,(H,5,6,7). The molecule has 19 heavy (non-hydrogen) atoms. The Morgan fingerprint density at radius 1 is 1.16 bits per heavy atom. The molecule has 1 heterocycles. The monoisotopic (exact) mass is 261 g/mol. The molecule has 0 bridgehead atoms. The van der Waals surface area contributed by atoms with Crippen LogP contribution in [0.25, 0.3) is 0 Å². The van der Waals surface area contributed by atoms with E-state index in [-0.39, 0.29) is 17.7 Å². The zero-order valence-electron chi connectivity index (χ0n) is 10.5.